The van der Waals surface area contributed by atoms with E-state index in [1.807, 2.05) is 18.3 Å². The molecule has 3 heteroatoms. The molecular weight excluding hydrogens is 234 g/mol. The lowest BCUT2D eigenvalue weighted by Gasteiger charge is -2.36. The van der Waals surface area contributed by atoms with E-state index >= 15 is 0 Å². The first-order valence-corrected chi connectivity index (χ1v) is 7.32. The van der Waals surface area contributed by atoms with Crippen LogP contribution in [-0.2, 0) is 0 Å². The van der Waals surface area contributed by atoms with Gasteiger partial charge in [0, 0.05) is 25.3 Å². The third-order valence-electron chi connectivity index (χ3n) is 3.08. The number of hydrogen-bond donors (Lipinski definition) is 1. The maximum Gasteiger partial charge on any atom is 0.0671 e. The summed E-state index contributed by atoms with van der Waals surface area (Å²) < 4.78 is 0. The Balaban J connectivity index is 2.98. The third kappa shape index (κ3) is 5.29. The summed E-state index contributed by atoms with van der Waals surface area (Å²) in [6.07, 6.45) is 1.85. The first-order chi connectivity index (χ1) is 8.91. The van der Waals surface area contributed by atoms with Crippen LogP contribution in [0.3, 0.4) is 0 Å². The summed E-state index contributed by atoms with van der Waals surface area (Å²) in [6, 6.07) is 6.36. The number of aromatic nitrogens is 1. The minimum atomic E-state index is 0.0763. The molecule has 2 atom stereocenters. The second-order valence-corrected chi connectivity index (χ2v) is 6.30. The van der Waals surface area contributed by atoms with Gasteiger partial charge in [0.25, 0.3) is 0 Å². The van der Waals surface area contributed by atoms with Crippen molar-refractivity contribution in [2.45, 2.75) is 46.7 Å². The predicted octanol–water partition coefficient (Wildman–Crippen LogP) is 3.08. The van der Waals surface area contributed by atoms with Crippen molar-refractivity contribution in [1.29, 1.82) is 0 Å². The molecule has 0 aliphatic heterocycles. The molecule has 1 aromatic heterocycles. The molecule has 0 saturated carbocycles. The number of nitrogens with two attached hydrogens (primary N) is 1. The highest BCUT2D eigenvalue weighted by Crippen LogP contribution is 2.24. The van der Waals surface area contributed by atoms with Crippen molar-refractivity contribution in [2.24, 2.45) is 17.6 Å². The normalized spacial score (nSPS) is 15.2. The molecule has 1 heterocycles. The van der Waals surface area contributed by atoms with E-state index in [4.69, 9.17) is 5.73 Å². The molecule has 2 unspecified atom stereocenters. The van der Waals surface area contributed by atoms with Gasteiger partial charge in [0.15, 0.2) is 0 Å². The van der Waals surface area contributed by atoms with Crippen LogP contribution in [0.5, 0.6) is 0 Å². The van der Waals surface area contributed by atoms with Gasteiger partial charge >= 0.3 is 0 Å². The summed E-state index contributed by atoms with van der Waals surface area (Å²) >= 11 is 0. The quantitative estimate of drug-likeness (QED) is 0.822. The van der Waals surface area contributed by atoms with E-state index in [-0.39, 0.29) is 12.1 Å². The Bertz CT molecular complexity index is 336. The molecule has 3 nitrogen and oxygen atoms in total. The minimum Gasteiger partial charge on any atom is -0.326 e. The largest absolute Gasteiger partial charge is 0.326 e. The zero-order chi connectivity index (χ0) is 14.4. The first-order valence-electron chi connectivity index (χ1n) is 7.32. The lowest BCUT2D eigenvalue weighted by atomic mass is 10.0. The van der Waals surface area contributed by atoms with E-state index in [2.05, 4.69) is 50.6 Å². The fourth-order valence-corrected chi connectivity index (χ4v) is 2.58. The summed E-state index contributed by atoms with van der Waals surface area (Å²) in [4.78, 5) is 7.00. The highest BCUT2D eigenvalue weighted by molar-refractivity contribution is 5.11. The van der Waals surface area contributed by atoms with Gasteiger partial charge in [-0.25, -0.2) is 0 Å². The minimum absolute atomic E-state index is 0.0763. The molecule has 0 saturated heterocycles. The van der Waals surface area contributed by atoms with Crippen molar-refractivity contribution >= 4 is 0 Å². The maximum atomic E-state index is 6.24. The highest BCUT2D eigenvalue weighted by Gasteiger charge is 2.26. The molecule has 0 amide bonds. The molecule has 2 N–H and O–H groups in total. The maximum absolute atomic E-state index is 6.24. The summed E-state index contributed by atoms with van der Waals surface area (Å²) in [5.74, 6) is 1.26. The van der Waals surface area contributed by atoms with Gasteiger partial charge in [0.2, 0.25) is 0 Å². The van der Waals surface area contributed by atoms with Gasteiger partial charge in [-0.05, 0) is 30.9 Å². The number of nitrogens with zero attached hydrogens (tertiary/aromatic N) is 2. The van der Waals surface area contributed by atoms with E-state index in [0.29, 0.717) is 11.8 Å². The average molecular weight is 263 g/mol. The van der Waals surface area contributed by atoms with E-state index in [0.717, 1.165) is 18.8 Å². The number of rotatable bonds is 7. The Hall–Kier alpha value is -0.930. The zero-order valence-electron chi connectivity index (χ0n) is 13.0. The lowest BCUT2D eigenvalue weighted by Crippen LogP contribution is -2.43. The Morgan fingerprint density at radius 3 is 2.00 bits per heavy atom. The Kier molecular flexibility index (Phi) is 6.46. The number of hydrogen-bond acceptors (Lipinski definition) is 3. The smallest absolute Gasteiger partial charge is 0.0671 e. The molecule has 19 heavy (non-hydrogen) atoms. The lowest BCUT2D eigenvalue weighted by molar-refractivity contribution is 0.137. The molecule has 1 aromatic rings. The third-order valence-corrected chi connectivity index (χ3v) is 3.08. The van der Waals surface area contributed by atoms with Gasteiger partial charge in [-0.1, -0.05) is 33.8 Å². The van der Waals surface area contributed by atoms with Gasteiger partial charge in [-0.15, -0.1) is 0 Å². The fraction of sp³-hybridized carbons (Fsp3) is 0.688. The van der Waals surface area contributed by atoms with E-state index < -0.39 is 0 Å². The summed E-state index contributed by atoms with van der Waals surface area (Å²) in [5, 5.41) is 0. The molecule has 0 aromatic carbocycles. The van der Waals surface area contributed by atoms with Crippen LogP contribution in [-0.4, -0.2) is 29.0 Å². The predicted molar refractivity (Wildman–Crippen MR) is 81.9 cm³/mol. The van der Waals surface area contributed by atoms with Crippen molar-refractivity contribution in [2.75, 3.05) is 13.1 Å². The van der Waals surface area contributed by atoms with Crippen molar-refractivity contribution in [3.63, 3.8) is 0 Å². The first kappa shape index (κ1) is 16.1. The molecule has 0 aliphatic carbocycles. The van der Waals surface area contributed by atoms with E-state index in [9.17, 15) is 0 Å². The highest BCUT2D eigenvalue weighted by atomic mass is 15.2. The Labute approximate surface area is 118 Å². The van der Waals surface area contributed by atoms with Crippen LogP contribution in [0, 0.1) is 11.8 Å². The molecular formula is C16H29N3. The summed E-state index contributed by atoms with van der Waals surface area (Å²) in [7, 11) is 0. The van der Waals surface area contributed by atoms with Crippen LogP contribution in [0.4, 0.5) is 0 Å². The van der Waals surface area contributed by atoms with E-state index in [1.165, 1.54) is 0 Å². The van der Waals surface area contributed by atoms with Crippen molar-refractivity contribution < 1.29 is 0 Å². The van der Waals surface area contributed by atoms with Gasteiger partial charge in [0.1, 0.15) is 0 Å². The zero-order valence-corrected chi connectivity index (χ0v) is 13.0. The molecule has 0 fully saturated rings. The van der Waals surface area contributed by atoms with Crippen LogP contribution in [0.15, 0.2) is 24.4 Å². The second-order valence-electron chi connectivity index (χ2n) is 6.30. The van der Waals surface area contributed by atoms with E-state index in [1.54, 1.807) is 0 Å². The average Bonchev–Trinajstić information content (AvgIpc) is 2.28. The Morgan fingerprint density at radius 2 is 1.63 bits per heavy atom. The number of pyridine rings is 1. The molecule has 1 rings (SSSR count). The molecule has 0 radical (unpaired) electrons. The monoisotopic (exact) mass is 263 g/mol. The SMILES string of the molecule is CC(C)CN(CC(C)C)C(c1ccccn1)C(C)N. The summed E-state index contributed by atoms with van der Waals surface area (Å²) in [6.45, 7) is 13.2. The van der Waals surface area contributed by atoms with Crippen LogP contribution >= 0.6 is 0 Å². The van der Waals surface area contributed by atoms with Gasteiger partial charge in [-0.3, -0.25) is 9.88 Å². The van der Waals surface area contributed by atoms with Crippen LogP contribution in [0.25, 0.3) is 0 Å². The van der Waals surface area contributed by atoms with Crippen molar-refractivity contribution in [3.8, 4) is 0 Å². The molecule has 0 spiro atoms. The van der Waals surface area contributed by atoms with Crippen molar-refractivity contribution in [3.05, 3.63) is 30.1 Å². The molecule has 108 valence electrons. The van der Waals surface area contributed by atoms with Gasteiger partial charge in [0.05, 0.1) is 11.7 Å². The van der Waals surface area contributed by atoms with Crippen LogP contribution in [0.2, 0.25) is 0 Å². The van der Waals surface area contributed by atoms with Crippen LogP contribution in [0.1, 0.15) is 46.4 Å². The van der Waals surface area contributed by atoms with Gasteiger partial charge < -0.3 is 5.73 Å². The standard InChI is InChI=1S/C16H29N3/c1-12(2)10-19(11-13(3)4)16(14(5)17)15-8-6-7-9-18-15/h6-9,12-14,16H,10-11,17H2,1-5H3. The molecule has 0 aliphatic rings. The summed E-state index contributed by atoms with van der Waals surface area (Å²) in [5.41, 5.74) is 7.32. The van der Waals surface area contributed by atoms with Crippen LogP contribution < -0.4 is 5.73 Å². The Morgan fingerprint density at radius 1 is 1.05 bits per heavy atom. The molecule has 0 bridgehead atoms. The second kappa shape index (κ2) is 7.61. The fourth-order valence-electron chi connectivity index (χ4n) is 2.58. The topological polar surface area (TPSA) is 42.2 Å². The van der Waals surface area contributed by atoms with Crippen molar-refractivity contribution in [1.82, 2.24) is 9.88 Å². The van der Waals surface area contributed by atoms with Gasteiger partial charge in [-0.2, -0.15) is 0 Å².